The molecule has 1 aliphatic heterocycles. The van der Waals surface area contributed by atoms with Crippen molar-refractivity contribution >= 4 is 5.91 Å². The van der Waals surface area contributed by atoms with Gasteiger partial charge in [-0.3, -0.25) is 9.69 Å². The Kier molecular flexibility index (Phi) is 7.87. The number of carbonyl (C=O) groups is 1. The molecule has 2 atom stereocenters. The number of hydrogen-bond donors (Lipinski definition) is 1. The first kappa shape index (κ1) is 23.5. The van der Waals surface area contributed by atoms with E-state index in [1.165, 1.54) is 25.1 Å². The average molecular weight is 427 g/mol. The van der Waals surface area contributed by atoms with Crippen LogP contribution >= 0.6 is 0 Å². The molecule has 0 spiro atoms. The van der Waals surface area contributed by atoms with Crippen LogP contribution in [0.3, 0.4) is 0 Å². The van der Waals surface area contributed by atoms with E-state index in [1.54, 1.807) is 0 Å². The summed E-state index contributed by atoms with van der Waals surface area (Å²) in [5.41, 5.74) is 2.34. The normalized spacial score (nSPS) is 20.0. The Morgan fingerprint density at radius 3 is 2.39 bits per heavy atom. The van der Waals surface area contributed by atoms with Crippen LogP contribution in [0, 0.1) is 11.8 Å². The maximum absolute atomic E-state index is 12.2. The molecule has 6 nitrogen and oxygen atoms in total. The van der Waals surface area contributed by atoms with E-state index in [-0.39, 0.29) is 11.3 Å². The van der Waals surface area contributed by atoms with Crippen molar-refractivity contribution in [2.45, 2.75) is 78.8 Å². The summed E-state index contributed by atoms with van der Waals surface area (Å²) in [7, 11) is 0. The van der Waals surface area contributed by atoms with Gasteiger partial charge < -0.3 is 9.84 Å². The number of nitrogens with zero attached hydrogens (tertiary/aromatic N) is 3. The molecule has 3 rings (SSSR count). The van der Waals surface area contributed by atoms with Crippen molar-refractivity contribution in [3.63, 3.8) is 0 Å². The van der Waals surface area contributed by atoms with Gasteiger partial charge in [0.25, 0.3) is 0 Å². The van der Waals surface area contributed by atoms with Gasteiger partial charge in [0.05, 0.1) is 0 Å². The summed E-state index contributed by atoms with van der Waals surface area (Å²) in [6.45, 7) is 14.8. The van der Waals surface area contributed by atoms with Crippen molar-refractivity contribution in [3.05, 3.63) is 47.1 Å². The van der Waals surface area contributed by atoms with E-state index in [1.807, 2.05) is 0 Å². The second-order valence-electron chi connectivity index (χ2n) is 10.3. The molecule has 2 aromatic rings. The third-order valence-corrected chi connectivity index (χ3v) is 5.80. The molecule has 170 valence electrons. The molecule has 1 aromatic carbocycles. The first-order chi connectivity index (χ1) is 14.7. The molecular weight excluding hydrogens is 388 g/mol. The van der Waals surface area contributed by atoms with Gasteiger partial charge in [-0.1, -0.05) is 64.0 Å². The van der Waals surface area contributed by atoms with Gasteiger partial charge in [-0.15, -0.1) is 0 Å². The van der Waals surface area contributed by atoms with Crippen LogP contribution in [0.1, 0.15) is 76.7 Å². The van der Waals surface area contributed by atoms with Crippen LogP contribution in [0.15, 0.2) is 28.8 Å². The minimum absolute atomic E-state index is 0.0518. The van der Waals surface area contributed by atoms with Crippen molar-refractivity contribution in [1.29, 1.82) is 0 Å². The Morgan fingerprint density at radius 2 is 1.77 bits per heavy atom. The fraction of sp³-hybridized carbons (Fsp3) is 0.640. The van der Waals surface area contributed by atoms with Gasteiger partial charge in [0.2, 0.25) is 11.8 Å². The molecule has 6 heteroatoms. The van der Waals surface area contributed by atoms with E-state index in [0.717, 1.165) is 23.9 Å². The van der Waals surface area contributed by atoms with Gasteiger partial charge in [0.1, 0.15) is 0 Å². The van der Waals surface area contributed by atoms with Crippen LogP contribution in [0.5, 0.6) is 0 Å². The predicted octanol–water partition coefficient (Wildman–Crippen LogP) is 4.48. The number of nitrogens with one attached hydrogen (secondary N) is 1. The van der Waals surface area contributed by atoms with Crippen LogP contribution in [-0.4, -0.2) is 34.0 Å². The van der Waals surface area contributed by atoms with Crippen LogP contribution in [0.4, 0.5) is 0 Å². The number of piperidine rings is 1. The van der Waals surface area contributed by atoms with E-state index >= 15 is 0 Å². The zero-order valence-corrected chi connectivity index (χ0v) is 19.8. The van der Waals surface area contributed by atoms with Gasteiger partial charge in [0, 0.05) is 44.4 Å². The Labute approximate surface area is 186 Å². The SMILES string of the molecule is C[C@@H]1C[C@@H](C)CN(Cc2ccc(CNC(=O)CCCc3nc(C(C)(C)C)no3)cc2)C1. The highest BCUT2D eigenvalue weighted by molar-refractivity contribution is 5.75. The lowest BCUT2D eigenvalue weighted by molar-refractivity contribution is -0.121. The minimum atomic E-state index is -0.126. The van der Waals surface area contributed by atoms with E-state index in [4.69, 9.17) is 4.52 Å². The molecule has 1 aliphatic rings. The Balaban J connectivity index is 1.37. The zero-order chi connectivity index (χ0) is 22.4. The number of hydrogen-bond acceptors (Lipinski definition) is 5. The molecular formula is C25H38N4O2. The molecule has 0 radical (unpaired) electrons. The quantitative estimate of drug-likeness (QED) is 0.674. The van der Waals surface area contributed by atoms with Gasteiger partial charge >= 0.3 is 0 Å². The highest BCUT2D eigenvalue weighted by atomic mass is 16.5. The van der Waals surface area contributed by atoms with E-state index in [0.29, 0.717) is 37.5 Å². The molecule has 0 aliphatic carbocycles. The van der Waals surface area contributed by atoms with Gasteiger partial charge in [-0.2, -0.15) is 4.98 Å². The fourth-order valence-electron chi connectivity index (χ4n) is 4.29. The van der Waals surface area contributed by atoms with Crippen molar-refractivity contribution in [2.24, 2.45) is 11.8 Å². The van der Waals surface area contributed by atoms with E-state index < -0.39 is 0 Å². The number of likely N-dealkylation sites (tertiary alicyclic amines) is 1. The summed E-state index contributed by atoms with van der Waals surface area (Å²) >= 11 is 0. The maximum atomic E-state index is 12.2. The maximum Gasteiger partial charge on any atom is 0.226 e. The first-order valence-corrected chi connectivity index (χ1v) is 11.6. The molecule has 1 amide bonds. The van der Waals surface area contributed by atoms with Crippen LogP contribution in [0.2, 0.25) is 0 Å². The van der Waals surface area contributed by atoms with E-state index in [2.05, 4.69) is 79.2 Å². The zero-order valence-electron chi connectivity index (χ0n) is 19.8. The van der Waals surface area contributed by atoms with Crippen molar-refractivity contribution in [3.8, 4) is 0 Å². The summed E-state index contributed by atoms with van der Waals surface area (Å²) in [4.78, 5) is 19.2. The third kappa shape index (κ3) is 7.46. The molecule has 1 fully saturated rings. The number of amides is 1. The highest BCUT2D eigenvalue weighted by Crippen LogP contribution is 2.22. The van der Waals surface area contributed by atoms with Crippen molar-refractivity contribution < 1.29 is 9.32 Å². The Morgan fingerprint density at radius 1 is 1.13 bits per heavy atom. The highest BCUT2D eigenvalue weighted by Gasteiger charge is 2.22. The summed E-state index contributed by atoms with van der Waals surface area (Å²) < 4.78 is 5.28. The standard InChI is InChI=1S/C25H38N4O2/c1-18-13-19(2)16-29(15-18)17-21-11-9-20(10-12-21)14-26-22(30)7-6-8-23-27-24(28-31-23)25(3,4)5/h9-12,18-19H,6-8,13-17H2,1-5H3,(H,26,30)/t18-,19-/m1/s1. The number of rotatable bonds is 8. The molecule has 1 N–H and O–H groups in total. The summed E-state index contributed by atoms with van der Waals surface area (Å²) in [6.07, 6.45) is 3.11. The monoisotopic (exact) mass is 426 g/mol. The fourth-order valence-corrected chi connectivity index (χ4v) is 4.29. The van der Waals surface area contributed by atoms with E-state index in [9.17, 15) is 4.79 Å². The van der Waals surface area contributed by atoms with Crippen LogP contribution < -0.4 is 5.32 Å². The van der Waals surface area contributed by atoms with Gasteiger partial charge in [0.15, 0.2) is 5.82 Å². The van der Waals surface area contributed by atoms with Crippen LogP contribution in [-0.2, 0) is 29.7 Å². The van der Waals surface area contributed by atoms with Crippen LogP contribution in [0.25, 0.3) is 0 Å². The molecule has 0 bridgehead atoms. The summed E-state index contributed by atoms with van der Waals surface area (Å²) in [5.74, 6) is 2.92. The lowest BCUT2D eigenvalue weighted by Gasteiger charge is -2.35. The average Bonchev–Trinajstić information content (AvgIpc) is 3.16. The summed E-state index contributed by atoms with van der Waals surface area (Å²) in [6, 6.07) is 8.62. The third-order valence-electron chi connectivity index (χ3n) is 5.80. The largest absolute Gasteiger partial charge is 0.352 e. The first-order valence-electron chi connectivity index (χ1n) is 11.6. The number of carbonyl (C=O) groups excluding carboxylic acids is 1. The van der Waals surface area contributed by atoms with Gasteiger partial charge in [-0.25, -0.2) is 0 Å². The lowest BCUT2D eigenvalue weighted by Crippen LogP contribution is -2.38. The molecule has 1 aromatic heterocycles. The Hall–Kier alpha value is -2.21. The Bertz CT molecular complexity index is 828. The number of aromatic nitrogens is 2. The summed E-state index contributed by atoms with van der Waals surface area (Å²) in [5, 5.41) is 7.03. The number of aryl methyl sites for hydroxylation is 1. The smallest absolute Gasteiger partial charge is 0.226 e. The molecule has 2 heterocycles. The van der Waals surface area contributed by atoms with Gasteiger partial charge in [-0.05, 0) is 35.8 Å². The van der Waals surface area contributed by atoms with Crippen molar-refractivity contribution in [1.82, 2.24) is 20.4 Å². The second-order valence-corrected chi connectivity index (χ2v) is 10.3. The second kappa shape index (κ2) is 10.4. The van der Waals surface area contributed by atoms with Crippen molar-refractivity contribution in [2.75, 3.05) is 13.1 Å². The number of benzene rings is 1. The molecule has 1 saturated heterocycles. The molecule has 0 saturated carbocycles. The predicted molar refractivity (Wildman–Crippen MR) is 122 cm³/mol. The molecule has 31 heavy (non-hydrogen) atoms. The minimum Gasteiger partial charge on any atom is -0.352 e. The lowest BCUT2D eigenvalue weighted by atomic mass is 9.91. The topological polar surface area (TPSA) is 71.3 Å². The molecule has 0 unspecified atom stereocenters.